The third kappa shape index (κ3) is 8.10. The van der Waals surface area contributed by atoms with E-state index < -0.39 is 0 Å². The number of benzene rings is 8. The van der Waals surface area contributed by atoms with E-state index in [4.69, 9.17) is 0 Å². The van der Waals surface area contributed by atoms with E-state index in [9.17, 15) is 0 Å². The van der Waals surface area contributed by atoms with E-state index in [1.807, 2.05) is 0 Å². The minimum Gasteiger partial charge on any atom is -0.334 e. The maximum Gasteiger partial charge on any atom is 0.0560 e. The van der Waals surface area contributed by atoms with Crippen molar-refractivity contribution >= 4 is 51.1 Å². The van der Waals surface area contributed by atoms with E-state index in [0.29, 0.717) is 0 Å². The van der Waals surface area contributed by atoms with Gasteiger partial charge in [-0.15, -0.1) is 0 Å². The standard InChI is InChI=1S/C68H67N3/c1-65(2,3)50-29-37-54(38-30-50)69(52-33-25-48(26-34-52)46-19-13-11-14-20-46)56-41-42-63-59(43-56)68(9,10)61-45-57(44-60-64(61)71(63)62-24-18-17-23-58(62)67(60,7)8)70(55-39-31-51(32-40-55)66(4,5)6)53-35-27-49(28-36-53)47-21-15-12-16-22-47/h11-33,35-45,52H,34H2,1-10H3. The monoisotopic (exact) mass is 926 g/mol. The van der Waals surface area contributed by atoms with Crippen molar-refractivity contribution in [3.63, 3.8) is 0 Å². The minimum absolute atomic E-state index is 0.0361. The summed E-state index contributed by atoms with van der Waals surface area (Å²) in [5.41, 5.74) is 21.9. The second kappa shape index (κ2) is 17.2. The highest BCUT2D eigenvalue weighted by molar-refractivity contribution is 5.96. The molecule has 0 amide bonds. The molecule has 3 aliphatic rings. The van der Waals surface area contributed by atoms with Crippen molar-refractivity contribution in [2.45, 2.75) is 103 Å². The van der Waals surface area contributed by atoms with Crippen LogP contribution >= 0.6 is 0 Å². The molecule has 1 unspecified atom stereocenters. The molecule has 0 spiro atoms. The van der Waals surface area contributed by atoms with Crippen LogP contribution in [0, 0.1) is 0 Å². The van der Waals surface area contributed by atoms with Crippen molar-refractivity contribution in [2.75, 3.05) is 14.7 Å². The zero-order chi connectivity index (χ0) is 49.5. The largest absolute Gasteiger partial charge is 0.334 e. The summed E-state index contributed by atoms with van der Waals surface area (Å²) in [6.07, 6.45) is 8.05. The molecule has 3 nitrogen and oxygen atoms in total. The summed E-state index contributed by atoms with van der Waals surface area (Å²) in [5, 5.41) is 0. The van der Waals surface area contributed by atoms with E-state index in [-0.39, 0.29) is 27.7 Å². The molecule has 0 aromatic heterocycles. The molecule has 0 saturated carbocycles. The summed E-state index contributed by atoms with van der Waals surface area (Å²) in [6, 6.07) is 70.7. The molecule has 3 heteroatoms. The molecule has 0 N–H and O–H groups in total. The maximum atomic E-state index is 2.59. The maximum absolute atomic E-state index is 2.59. The van der Waals surface area contributed by atoms with Gasteiger partial charge in [-0.05, 0) is 146 Å². The van der Waals surface area contributed by atoms with Gasteiger partial charge in [0.1, 0.15) is 0 Å². The van der Waals surface area contributed by atoms with Gasteiger partial charge in [-0.1, -0.05) is 203 Å². The van der Waals surface area contributed by atoms with Crippen LogP contribution in [-0.4, -0.2) is 6.04 Å². The first-order valence-electron chi connectivity index (χ1n) is 25.6. The van der Waals surface area contributed by atoms with Crippen LogP contribution in [0.3, 0.4) is 0 Å². The molecule has 0 saturated heterocycles. The van der Waals surface area contributed by atoms with Gasteiger partial charge < -0.3 is 14.7 Å². The molecule has 0 fully saturated rings. The molecule has 1 aliphatic carbocycles. The Morgan fingerprint density at radius 1 is 0.437 bits per heavy atom. The van der Waals surface area contributed by atoms with E-state index in [0.717, 1.165) is 23.5 Å². The highest BCUT2D eigenvalue weighted by Crippen LogP contribution is 2.62. The molecule has 71 heavy (non-hydrogen) atoms. The second-order valence-electron chi connectivity index (χ2n) is 23.1. The lowest BCUT2D eigenvalue weighted by molar-refractivity contribution is 0.590. The Morgan fingerprint density at radius 3 is 1.46 bits per heavy atom. The lowest BCUT2D eigenvalue weighted by atomic mass is 9.66. The lowest BCUT2D eigenvalue weighted by Crippen LogP contribution is -2.38. The van der Waals surface area contributed by atoms with Crippen LogP contribution in [0.5, 0.6) is 0 Å². The highest BCUT2D eigenvalue weighted by Gasteiger charge is 2.46. The average Bonchev–Trinajstić information content (AvgIpc) is 3.37. The van der Waals surface area contributed by atoms with Gasteiger partial charge in [0.2, 0.25) is 0 Å². The Kier molecular flexibility index (Phi) is 11.2. The van der Waals surface area contributed by atoms with Gasteiger partial charge >= 0.3 is 0 Å². The number of para-hydroxylation sites is 1. The highest BCUT2D eigenvalue weighted by atomic mass is 15.2. The van der Waals surface area contributed by atoms with Gasteiger partial charge in [-0.3, -0.25) is 0 Å². The van der Waals surface area contributed by atoms with E-state index >= 15 is 0 Å². The Balaban J connectivity index is 1.09. The number of hydrogen-bond donors (Lipinski definition) is 0. The van der Waals surface area contributed by atoms with Crippen LogP contribution in [-0.2, 0) is 21.7 Å². The third-order valence-electron chi connectivity index (χ3n) is 15.7. The zero-order valence-corrected chi connectivity index (χ0v) is 43.3. The van der Waals surface area contributed by atoms with E-state index in [1.165, 1.54) is 84.1 Å². The molecule has 0 bridgehead atoms. The molecule has 2 heterocycles. The smallest absolute Gasteiger partial charge is 0.0560 e. The van der Waals surface area contributed by atoms with Crippen molar-refractivity contribution in [3.05, 3.63) is 245 Å². The Morgan fingerprint density at radius 2 is 0.901 bits per heavy atom. The number of hydrogen-bond acceptors (Lipinski definition) is 3. The topological polar surface area (TPSA) is 9.72 Å². The van der Waals surface area contributed by atoms with Crippen molar-refractivity contribution < 1.29 is 0 Å². The van der Waals surface area contributed by atoms with E-state index in [1.54, 1.807) is 0 Å². The summed E-state index contributed by atoms with van der Waals surface area (Å²) in [5.74, 6) is 0. The molecular weight excluding hydrogens is 859 g/mol. The predicted octanol–water partition coefficient (Wildman–Crippen LogP) is 18.7. The van der Waals surface area contributed by atoms with Gasteiger partial charge in [0.05, 0.1) is 23.1 Å². The number of fused-ring (bicyclic) bond motifs is 4. The summed E-state index contributed by atoms with van der Waals surface area (Å²) >= 11 is 0. The number of allylic oxidation sites excluding steroid dienone is 2. The molecule has 354 valence electrons. The van der Waals surface area contributed by atoms with Crippen molar-refractivity contribution in [1.82, 2.24) is 0 Å². The van der Waals surface area contributed by atoms with Crippen molar-refractivity contribution in [2.24, 2.45) is 0 Å². The summed E-state index contributed by atoms with van der Waals surface area (Å²) in [6.45, 7) is 23.5. The average molecular weight is 926 g/mol. The summed E-state index contributed by atoms with van der Waals surface area (Å²) in [4.78, 5) is 7.65. The first-order chi connectivity index (χ1) is 34.0. The third-order valence-corrected chi connectivity index (χ3v) is 15.7. The molecule has 2 aliphatic heterocycles. The zero-order valence-electron chi connectivity index (χ0n) is 43.3. The number of nitrogens with zero attached hydrogens (tertiary/aromatic N) is 3. The first kappa shape index (κ1) is 46.0. The number of anilines is 8. The normalized spacial score (nSPS) is 16.3. The lowest BCUT2D eigenvalue weighted by Gasteiger charge is -2.50. The Labute approximate surface area is 423 Å². The van der Waals surface area contributed by atoms with E-state index in [2.05, 4.69) is 290 Å². The molecular formula is C68H67N3. The van der Waals surface area contributed by atoms with Gasteiger partial charge in [-0.2, -0.15) is 0 Å². The Hall–Kier alpha value is -7.36. The molecule has 1 atom stereocenters. The fourth-order valence-electron chi connectivity index (χ4n) is 11.5. The first-order valence-corrected chi connectivity index (χ1v) is 25.6. The number of rotatable bonds is 8. The van der Waals surface area contributed by atoms with Crippen LogP contribution in [0.2, 0.25) is 0 Å². The molecule has 11 rings (SSSR count). The van der Waals surface area contributed by atoms with Crippen LogP contribution < -0.4 is 14.7 Å². The SMILES string of the molecule is CC(C)(C)c1ccc(N(c2ccc(-c3ccccc3)cc2)c2cc3c4c(c2)C(C)(C)c2cc(N(c5ccc(C(C)(C)C)cc5)C5C=CC(c6ccccc6)=CC5)ccc2N4c2ccccc2C3(C)C)cc1. The summed E-state index contributed by atoms with van der Waals surface area (Å²) in [7, 11) is 0. The molecule has 8 aromatic carbocycles. The van der Waals surface area contributed by atoms with Crippen molar-refractivity contribution in [1.29, 1.82) is 0 Å². The summed E-state index contributed by atoms with van der Waals surface area (Å²) < 4.78 is 0. The van der Waals surface area contributed by atoms with Crippen LogP contribution in [0.4, 0.5) is 45.5 Å². The quantitative estimate of drug-likeness (QED) is 0.150. The van der Waals surface area contributed by atoms with Crippen LogP contribution in [0.1, 0.15) is 115 Å². The predicted molar refractivity (Wildman–Crippen MR) is 303 cm³/mol. The van der Waals surface area contributed by atoms with Crippen LogP contribution in [0.25, 0.3) is 16.7 Å². The van der Waals surface area contributed by atoms with Gasteiger partial charge in [0.15, 0.2) is 0 Å². The van der Waals surface area contributed by atoms with Crippen LogP contribution in [0.15, 0.2) is 206 Å². The minimum atomic E-state index is -0.381. The molecule has 8 aromatic rings. The van der Waals surface area contributed by atoms with Crippen molar-refractivity contribution in [3.8, 4) is 11.1 Å². The van der Waals surface area contributed by atoms with Gasteiger partial charge in [0, 0.05) is 39.3 Å². The second-order valence-corrected chi connectivity index (χ2v) is 23.1. The Bertz CT molecular complexity index is 3320. The molecule has 0 radical (unpaired) electrons. The fourth-order valence-corrected chi connectivity index (χ4v) is 11.5. The van der Waals surface area contributed by atoms with Gasteiger partial charge in [0.25, 0.3) is 0 Å². The van der Waals surface area contributed by atoms with Gasteiger partial charge in [-0.25, -0.2) is 0 Å². The fraction of sp³-hybridized carbons (Fsp3) is 0.235.